The summed E-state index contributed by atoms with van der Waals surface area (Å²) in [4.78, 5) is 6.49. The van der Waals surface area contributed by atoms with Crippen LogP contribution in [-0.4, -0.2) is 48.1 Å². The largest absolute Gasteiger partial charge is 0.311 e. The number of thioether (sulfide) groups is 1. The lowest BCUT2D eigenvalue weighted by atomic mass is 10.3. The van der Waals surface area contributed by atoms with Gasteiger partial charge in [0.2, 0.25) is 0 Å². The molecule has 0 saturated carbocycles. The van der Waals surface area contributed by atoms with Gasteiger partial charge >= 0.3 is 0 Å². The Labute approximate surface area is 109 Å². The van der Waals surface area contributed by atoms with Crippen LogP contribution in [0.25, 0.3) is 0 Å². The van der Waals surface area contributed by atoms with E-state index in [1.165, 1.54) is 11.3 Å². The minimum absolute atomic E-state index is 0.644. The predicted octanol–water partition coefficient (Wildman–Crippen LogP) is 1.85. The predicted molar refractivity (Wildman–Crippen MR) is 76.4 cm³/mol. The van der Waals surface area contributed by atoms with Crippen molar-refractivity contribution in [1.82, 2.24) is 15.2 Å². The van der Waals surface area contributed by atoms with Crippen LogP contribution in [0.2, 0.25) is 0 Å². The maximum atomic E-state index is 4.10. The van der Waals surface area contributed by atoms with Crippen molar-refractivity contribution in [1.29, 1.82) is 0 Å². The smallest absolute Gasteiger partial charge is 0.0312 e. The molecule has 1 aromatic rings. The van der Waals surface area contributed by atoms with Crippen LogP contribution in [0, 0.1) is 0 Å². The molecule has 0 fully saturated rings. The van der Waals surface area contributed by atoms with Gasteiger partial charge in [-0.2, -0.15) is 11.8 Å². The highest BCUT2D eigenvalue weighted by Gasteiger charge is 2.06. The van der Waals surface area contributed by atoms with E-state index in [0.717, 1.165) is 19.6 Å². The van der Waals surface area contributed by atoms with Gasteiger partial charge < -0.3 is 10.2 Å². The minimum atomic E-state index is 0.644. The van der Waals surface area contributed by atoms with E-state index in [9.17, 15) is 0 Å². The summed E-state index contributed by atoms with van der Waals surface area (Å²) < 4.78 is 0. The average Bonchev–Trinajstić information content (AvgIpc) is 2.36. The molecule has 0 bridgehead atoms. The summed E-state index contributed by atoms with van der Waals surface area (Å²) in [7, 11) is 2.19. The Morgan fingerprint density at radius 3 is 3.00 bits per heavy atom. The number of nitrogens with zero attached hydrogens (tertiary/aromatic N) is 2. The molecule has 1 unspecified atom stereocenters. The fraction of sp³-hybridized carbons (Fsp3) is 0.615. The molecular formula is C13H23N3S. The topological polar surface area (TPSA) is 28.2 Å². The van der Waals surface area contributed by atoms with Crippen LogP contribution in [0.5, 0.6) is 0 Å². The highest BCUT2D eigenvalue weighted by Crippen LogP contribution is 2.02. The van der Waals surface area contributed by atoms with Gasteiger partial charge in [0.25, 0.3) is 0 Å². The first-order valence-corrected chi connectivity index (χ1v) is 7.42. The highest BCUT2D eigenvalue weighted by molar-refractivity contribution is 7.98. The van der Waals surface area contributed by atoms with Crippen LogP contribution in [-0.2, 0) is 6.54 Å². The van der Waals surface area contributed by atoms with Crippen LogP contribution in [0.4, 0.5) is 0 Å². The number of rotatable bonds is 8. The summed E-state index contributed by atoms with van der Waals surface area (Å²) in [6.45, 7) is 5.28. The van der Waals surface area contributed by atoms with Crippen molar-refractivity contribution in [3.8, 4) is 0 Å². The number of nitrogens with one attached hydrogen (secondary N) is 1. The van der Waals surface area contributed by atoms with Crippen LogP contribution in [0.15, 0.2) is 24.5 Å². The lowest BCUT2D eigenvalue weighted by molar-refractivity contribution is 0.277. The van der Waals surface area contributed by atoms with Crippen LogP contribution in [0.1, 0.15) is 12.5 Å². The van der Waals surface area contributed by atoms with Gasteiger partial charge in [0.1, 0.15) is 0 Å². The van der Waals surface area contributed by atoms with Gasteiger partial charge in [0.15, 0.2) is 0 Å². The molecular weight excluding hydrogens is 230 g/mol. The van der Waals surface area contributed by atoms with Gasteiger partial charge in [0, 0.05) is 43.8 Å². The third-order valence-electron chi connectivity index (χ3n) is 2.85. The quantitative estimate of drug-likeness (QED) is 0.716. The maximum Gasteiger partial charge on any atom is 0.0312 e. The Kier molecular flexibility index (Phi) is 7.24. The van der Waals surface area contributed by atoms with Crippen molar-refractivity contribution in [2.75, 3.05) is 32.1 Å². The Morgan fingerprint density at radius 1 is 1.53 bits per heavy atom. The average molecular weight is 253 g/mol. The summed E-state index contributed by atoms with van der Waals surface area (Å²) >= 11 is 1.90. The van der Waals surface area contributed by atoms with E-state index < -0.39 is 0 Å². The van der Waals surface area contributed by atoms with Crippen molar-refractivity contribution in [2.24, 2.45) is 0 Å². The zero-order valence-corrected chi connectivity index (χ0v) is 11.8. The molecule has 0 aliphatic rings. The second-order valence-corrected chi connectivity index (χ2v) is 5.23. The molecule has 0 saturated heterocycles. The molecule has 17 heavy (non-hydrogen) atoms. The molecule has 96 valence electrons. The molecule has 0 spiro atoms. The van der Waals surface area contributed by atoms with E-state index in [4.69, 9.17) is 0 Å². The second kappa shape index (κ2) is 8.50. The SMILES string of the molecule is CSCC(C)N(C)CCNCc1cccnc1. The highest BCUT2D eigenvalue weighted by atomic mass is 32.2. The molecule has 0 amide bonds. The summed E-state index contributed by atoms with van der Waals surface area (Å²) in [5.74, 6) is 1.19. The minimum Gasteiger partial charge on any atom is -0.311 e. The first kappa shape index (κ1) is 14.5. The molecule has 1 N–H and O–H groups in total. The normalized spacial score (nSPS) is 12.9. The summed E-state index contributed by atoms with van der Waals surface area (Å²) in [6.07, 6.45) is 5.87. The van der Waals surface area contributed by atoms with E-state index in [0.29, 0.717) is 6.04 Å². The lowest BCUT2D eigenvalue weighted by Gasteiger charge is -2.24. The van der Waals surface area contributed by atoms with Crippen molar-refractivity contribution < 1.29 is 0 Å². The lowest BCUT2D eigenvalue weighted by Crippen LogP contribution is -2.36. The first-order chi connectivity index (χ1) is 8.24. The summed E-state index contributed by atoms with van der Waals surface area (Å²) in [6, 6.07) is 4.72. The van der Waals surface area contributed by atoms with Crippen molar-refractivity contribution in [3.05, 3.63) is 30.1 Å². The Hall–Kier alpha value is -0.580. The molecule has 0 aromatic carbocycles. The summed E-state index contributed by atoms with van der Waals surface area (Å²) in [5.41, 5.74) is 1.24. The number of hydrogen-bond donors (Lipinski definition) is 1. The summed E-state index contributed by atoms with van der Waals surface area (Å²) in [5, 5.41) is 3.44. The maximum absolute atomic E-state index is 4.10. The van der Waals surface area contributed by atoms with Gasteiger partial charge in [-0.3, -0.25) is 4.98 Å². The fourth-order valence-electron chi connectivity index (χ4n) is 1.58. The number of hydrogen-bond acceptors (Lipinski definition) is 4. The van der Waals surface area contributed by atoms with Gasteiger partial charge in [-0.1, -0.05) is 6.07 Å². The number of pyridine rings is 1. The zero-order valence-electron chi connectivity index (χ0n) is 11.0. The van der Waals surface area contributed by atoms with E-state index in [1.54, 1.807) is 6.20 Å². The van der Waals surface area contributed by atoms with Gasteiger partial charge in [-0.25, -0.2) is 0 Å². The van der Waals surface area contributed by atoms with Crippen LogP contribution >= 0.6 is 11.8 Å². The monoisotopic (exact) mass is 253 g/mol. The molecule has 1 heterocycles. The van der Waals surface area contributed by atoms with Gasteiger partial charge in [0.05, 0.1) is 0 Å². The number of aromatic nitrogens is 1. The molecule has 1 atom stereocenters. The zero-order chi connectivity index (χ0) is 12.5. The molecule has 0 aliphatic heterocycles. The van der Waals surface area contributed by atoms with E-state index in [2.05, 4.69) is 41.5 Å². The third-order valence-corrected chi connectivity index (χ3v) is 3.67. The Balaban J connectivity index is 2.12. The van der Waals surface area contributed by atoms with Crippen LogP contribution < -0.4 is 5.32 Å². The van der Waals surface area contributed by atoms with Crippen molar-refractivity contribution in [3.63, 3.8) is 0 Å². The molecule has 1 rings (SSSR count). The second-order valence-electron chi connectivity index (χ2n) is 4.32. The standard InChI is InChI=1S/C13H23N3S/c1-12(11-17-3)16(2)8-7-15-10-13-5-4-6-14-9-13/h4-6,9,12,15H,7-8,10-11H2,1-3H3. The number of likely N-dealkylation sites (N-methyl/N-ethyl adjacent to an activating group) is 1. The van der Waals surface area contributed by atoms with Gasteiger partial charge in [-0.05, 0) is 31.9 Å². The van der Waals surface area contributed by atoms with Gasteiger partial charge in [-0.15, -0.1) is 0 Å². The van der Waals surface area contributed by atoms with Crippen molar-refractivity contribution in [2.45, 2.75) is 19.5 Å². The molecule has 4 heteroatoms. The van der Waals surface area contributed by atoms with Crippen molar-refractivity contribution >= 4 is 11.8 Å². The molecule has 0 radical (unpaired) electrons. The van der Waals surface area contributed by atoms with E-state index in [-0.39, 0.29) is 0 Å². The molecule has 1 aromatic heterocycles. The van der Waals surface area contributed by atoms with E-state index in [1.807, 2.05) is 24.0 Å². The fourth-order valence-corrected chi connectivity index (χ4v) is 2.32. The molecule has 3 nitrogen and oxygen atoms in total. The first-order valence-electron chi connectivity index (χ1n) is 6.03. The Bertz CT molecular complexity index is 292. The molecule has 0 aliphatic carbocycles. The third kappa shape index (κ3) is 6.05. The van der Waals surface area contributed by atoms with E-state index >= 15 is 0 Å². The Morgan fingerprint density at radius 2 is 2.35 bits per heavy atom. The van der Waals surface area contributed by atoms with Crippen LogP contribution in [0.3, 0.4) is 0 Å².